The maximum Gasteiger partial charge on any atom is 0.332 e. The Morgan fingerprint density at radius 3 is 2.46 bits per heavy atom. The number of carbonyl (C=O) groups excluding carboxylic acids is 4. The van der Waals surface area contributed by atoms with Crippen molar-refractivity contribution in [3.63, 3.8) is 0 Å². The van der Waals surface area contributed by atoms with Crippen LogP contribution in [-0.2, 0) is 35.1 Å². The standard InChI is InChI=1S/C25H35N3O7/c1-16(35-17(2)29)21(23(31)34-4)27-24(32)25(15-18-8-10-19(33-3)11-9-18)12-6-14-28(25)22(30)20-7-5-13-26-20/h8-11,16,20-21,26H,5-7,12-15H2,1-4H3,(H,27,32)/t16?,20-,21?,25?/m0/s1. The minimum Gasteiger partial charge on any atom is -0.497 e. The molecular weight excluding hydrogens is 454 g/mol. The fourth-order valence-corrected chi connectivity index (χ4v) is 4.96. The third-order valence-electron chi connectivity index (χ3n) is 6.75. The lowest BCUT2D eigenvalue weighted by Gasteiger charge is -2.39. The van der Waals surface area contributed by atoms with Crippen molar-refractivity contribution in [2.45, 2.75) is 69.7 Å². The highest BCUT2D eigenvalue weighted by Gasteiger charge is 2.52. The molecule has 2 aliphatic heterocycles. The molecule has 2 heterocycles. The Bertz CT molecular complexity index is 929. The Hall–Kier alpha value is -3.14. The molecular formula is C25H35N3O7. The third kappa shape index (κ3) is 5.93. The van der Waals surface area contributed by atoms with Crippen LogP contribution in [0.4, 0.5) is 0 Å². The molecule has 192 valence electrons. The first-order chi connectivity index (χ1) is 16.7. The number of rotatable bonds is 9. The lowest BCUT2D eigenvalue weighted by Crippen LogP contribution is -2.64. The molecule has 3 unspecified atom stereocenters. The third-order valence-corrected chi connectivity index (χ3v) is 6.75. The number of hydrogen-bond donors (Lipinski definition) is 2. The van der Waals surface area contributed by atoms with Crippen molar-refractivity contribution in [1.82, 2.24) is 15.5 Å². The highest BCUT2D eigenvalue weighted by molar-refractivity contribution is 5.96. The van der Waals surface area contributed by atoms with Crippen LogP contribution in [0.5, 0.6) is 5.75 Å². The zero-order valence-electron chi connectivity index (χ0n) is 20.8. The molecule has 0 aromatic heterocycles. The van der Waals surface area contributed by atoms with Crippen LogP contribution in [0.15, 0.2) is 24.3 Å². The summed E-state index contributed by atoms with van der Waals surface area (Å²) in [6.07, 6.45) is 1.99. The van der Waals surface area contributed by atoms with Gasteiger partial charge < -0.3 is 29.7 Å². The van der Waals surface area contributed by atoms with E-state index >= 15 is 0 Å². The number of esters is 2. The van der Waals surface area contributed by atoms with E-state index < -0.39 is 35.5 Å². The number of hydrogen-bond acceptors (Lipinski definition) is 8. The van der Waals surface area contributed by atoms with E-state index in [-0.39, 0.29) is 18.4 Å². The smallest absolute Gasteiger partial charge is 0.332 e. The molecule has 10 nitrogen and oxygen atoms in total. The largest absolute Gasteiger partial charge is 0.497 e. The molecule has 2 amide bonds. The predicted molar refractivity (Wildman–Crippen MR) is 127 cm³/mol. The van der Waals surface area contributed by atoms with E-state index in [2.05, 4.69) is 10.6 Å². The fourth-order valence-electron chi connectivity index (χ4n) is 4.96. The number of carbonyl (C=O) groups is 4. The molecule has 1 aromatic rings. The van der Waals surface area contributed by atoms with Gasteiger partial charge in [-0.25, -0.2) is 4.79 Å². The van der Waals surface area contributed by atoms with E-state index in [1.165, 1.54) is 21.0 Å². The van der Waals surface area contributed by atoms with E-state index in [9.17, 15) is 19.2 Å². The topological polar surface area (TPSA) is 123 Å². The maximum absolute atomic E-state index is 13.9. The second-order valence-corrected chi connectivity index (χ2v) is 9.09. The van der Waals surface area contributed by atoms with Crippen LogP contribution in [-0.4, -0.2) is 79.7 Å². The van der Waals surface area contributed by atoms with Crippen LogP contribution < -0.4 is 15.4 Å². The van der Waals surface area contributed by atoms with E-state index in [4.69, 9.17) is 14.2 Å². The van der Waals surface area contributed by atoms with Crippen LogP contribution in [0, 0.1) is 0 Å². The van der Waals surface area contributed by atoms with Gasteiger partial charge in [0.1, 0.15) is 17.4 Å². The first-order valence-electron chi connectivity index (χ1n) is 12.0. The molecule has 2 fully saturated rings. The molecule has 2 saturated heterocycles. The van der Waals surface area contributed by atoms with Gasteiger partial charge in [-0.15, -0.1) is 0 Å². The molecule has 0 aliphatic carbocycles. The van der Waals surface area contributed by atoms with Crippen molar-refractivity contribution in [3.8, 4) is 5.75 Å². The van der Waals surface area contributed by atoms with Crippen LogP contribution in [0.3, 0.4) is 0 Å². The van der Waals surface area contributed by atoms with Crippen LogP contribution in [0.2, 0.25) is 0 Å². The summed E-state index contributed by atoms with van der Waals surface area (Å²) in [4.78, 5) is 53.1. The number of nitrogens with zero attached hydrogens (tertiary/aromatic N) is 1. The van der Waals surface area contributed by atoms with E-state index in [1.54, 1.807) is 24.1 Å². The number of ether oxygens (including phenoxy) is 3. The minimum atomic E-state index is -1.22. The van der Waals surface area contributed by atoms with Gasteiger partial charge in [-0.2, -0.15) is 0 Å². The summed E-state index contributed by atoms with van der Waals surface area (Å²) < 4.78 is 15.3. The van der Waals surface area contributed by atoms with Gasteiger partial charge in [-0.3, -0.25) is 14.4 Å². The molecule has 0 bridgehead atoms. The average Bonchev–Trinajstić information content (AvgIpc) is 3.52. The van der Waals surface area contributed by atoms with E-state index in [0.717, 1.165) is 18.5 Å². The van der Waals surface area contributed by atoms with Crippen molar-refractivity contribution in [2.24, 2.45) is 0 Å². The van der Waals surface area contributed by atoms with Crippen molar-refractivity contribution in [2.75, 3.05) is 27.3 Å². The molecule has 2 aliphatic rings. The van der Waals surface area contributed by atoms with Gasteiger partial charge >= 0.3 is 11.9 Å². The number of methoxy groups -OCH3 is 2. The first-order valence-corrected chi connectivity index (χ1v) is 12.0. The molecule has 2 N–H and O–H groups in total. The summed E-state index contributed by atoms with van der Waals surface area (Å²) in [5.41, 5.74) is -0.360. The second kappa shape index (κ2) is 11.5. The summed E-state index contributed by atoms with van der Waals surface area (Å²) in [5.74, 6) is -1.24. The van der Waals surface area contributed by atoms with Crippen LogP contribution >= 0.6 is 0 Å². The van der Waals surface area contributed by atoms with Gasteiger partial charge in [0.25, 0.3) is 0 Å². The molecule has 10 heteroatoms. The quantitative estimate of drug-likeness (QED) is 0.492. The monoisotopic (exact) mass is 489 g/mol. The lowest BCUT2D eigenvalue weighted by atomic mass is 9.86. The first kappa shape index (κ1) is 26.5. The highest BCUT2D eigenvalue weighted by Crippen LogP contribution is 2.35. The van der Waals surface area contributed by atoms with Crippen LogP contribution in [0.1, 0.15) is 45.1 Å². The Labute approximate surface area is 205 Å². The SMILES string of the molecule is COC(=O)C(NC(=O)C1(Cc2ccc(OC)cc2)CCCN1C(=O)[C@@H]1CCCN1)C(C)OC(C)=O. The normalized spacial score (nSPS) is 23.3. The lowest BCUT2D eigenvalue weighted by molar-refractivity contribution is -0.158. The second-order valence-electron chi connectivity index (χ2n) is 9.09. The van der Waals surface area contributed by atoms with Gasteiger partial charge in [0.2, 0.25) is 11.8 Å². The number of nitrogens with one attached hydrogen (secondary N) is 2. The Morgan fingerprint density at radius 1 is 1.17 bits per heavy atom. The van der Waals surface area contributed by atoms with Crippen LogP contribution in [0.25, 0.3) is 0 Å². The van der Waals surface area contributed by atoms with Gasteiger partial charge in [0.05, 0.1) is 20.3 Å². The maximum atomic E-state index is 13.9. The van der Waals surface area contributed by atoms with Gasteiger partial charge in [-0.05, 0) is 56.8 Å². The summed E-state index contributed by atoms with van der Waals surface area (Å²) in [7, 11) is 2.78. The Kier molecular flexibility index (Phi) is 8.71. The molecule has 3 rings (SSSR count). The summed E-state index contributed by atoms with van der Waals surface area (Å²) in [6, 6.07) is 5.78. The van der Waals surface area contributed by atoms with Gasteiger partial charge in [0.15, 0.2) is 6.04 Å². The molecule has 1 aromatic carbocycles. The van der Waals surface area contributed by atoms with Gasteiger partial charge in [-0.1, -0.05) is 12.1 Å². The Balaban J connectivity index is 1.95. The molecule has 0 spiro atoms. The number of amides is 2. The molecule has 4 atom stereocenters. The average molecular weight is 490 g/mol. The number of likely N-dealkylation sites (tertiary alicyclic amines) is 1. The van der Waals surface area contributed by atoms with Crippen molar-refractivity contribution in [3.05, 3.63) is 29.8 Å². The Morgan fingerprint density at radius 2 is 1.89 bits per heavy atom. The fraction of sp³-hybridized carbons (Fsp3) is 0.600. The summed E-state index contributed by atoms with van der Waals surface area (Å²) in [5, 5.41) is 5.97. The molecule has 0 saturated carbocycles. The zero-order valence-corrected chi connectivity index (χ0v) is 20.8. The van der Waals surface area contributed by atoms with Crippen molar-refractivity contribution in [1.29, 1.82) is 0 Å². The number of benzene rings is 1. The van der Waals surface area contributed by atoms with Crippen molar-refractivity contribution >= 4 is 23.8 Å². The zero-order chi connectivity index (χ0) is 25.6. The summed E-state index contributed by atoms with van der Waals surface area (Å²) >= 11 is 0. The van der Waals surface area contributed by atoms with Gasteiger partial charge in [0, 0.05) is 19.9 Å². The molecule has 35 heavy (non-hydrogen) atoms. The summed E-state index contributed by atoms with van der Waals surface area (Å²) in [6.45, 7) is 3.93. The predicted octanol–water partition coefficient (Wildman–Crippen LogP) is 0.960. The molecule has 0 radical (unpaired) electrons. The minimum absolute atomic E-state index is 0.119. The van der Waals surface area contributed by atoms with Crippen molar-refractivity contribution < 1.29 is 33.4 Å². The van der Waals surface area contributed by atoms with E-state index in [1.807, 2.05) is 12.1 Å². The van der Waals surface area contributed by atoms with E-state index in [0.29, 0.717) is 31.6 Å². The highest BCUT2D eigenvalue weighted by atomic mass is 16.6.